The van der Waals surface area contributed by atoms with Crippen molar-refractivity contribution in [2.24, 2.45) is 0 Å². The van der Waals surface area contributed by atoms with Gasteiger partial charge < -0.3 is 28.3 Å². The van der Waals surface area contributed by atoms with Crippen molar-refractivity contribution in [2.45, 2.75) is 46.2 Å². The first-order valence-electron chi connectivity index (χ1n) is 12.9. The molecule has 1 aliphatic rings. The summed E-state index contributed by atoms with van der Waals surface area (Å²) in [6.45, 7) is 6.39. The van der Waals surface area contributed by atoms with Crippen LogP contribution in [0, 0.1) is 13.8 Å². The Morgan fingerprint density at radius 3 is 2.64 bits per heavy atom. The molecule has 202 valence electrons. The number of aryl methyl sites for hydroxylation is 2. The molecule has 0 radical (unpaired) electrons. The van der Waals surface area contributed by atoms with Crippen molar-refractivity contribution in [3.8, 4) is 11.5 Å². The van der Waals surface area contributed by atoms with Crippen LogP contribution in [0.5, 0.6) is 11.5 Å². The van der Waals surface area contributed by atoms with Gasteiger partial charge in [-0.05, 0) is 61.7 Å². The molecule has 39 heavy (non-hydrogen) atoms. The first kappa shape index (κ1) is 26.1. The van der Waals surface area contributed by atoms with Crippen LogP contribution in [0.2, 0.25) is 0 Å². The van der Waals surface area contributed by atoms with Gasteiger partial charge in [0.15, 0.2) is 17.3 Å². The zero-order valence-corrected chi connectivity index (χ0v) is 22.4. The van der Waals surface area contributed by atoms with Crippen LogP contribution in [0.15, 0.2) is 64.9 Å². The molecule has 9 heteroatoms. The molecule has 5 rings (SSSR count). The molecule has 1 amide bonds. The number of ether oxygens (including phenoxy) is 2. The van der Waals surface area contributed by atoms with Crippen molar-refractivity contribution < 1.29 is 28.6 Å². The van der Waals surface area contributed by atoms with Crippen molar-refractivity contribution >= 4 is 23.1 Å². The van der Waals surface area contributed by atoms with Gasteiger partial charge in [0.25, 0.3) is 11.7 Å². The highest BCUT2D eigenvalue weighted by Gasteiger charge is 2.47. The van der Waals surface area contributed by atoms with Gasteiger partial charge in [0.05, 0.1) is 43.8 Å². The van der Waals surface area contributed by atoms with Crippen LogP contribution in [0.25, 0.3) is 11.4 Å². The Morgan fingerprint density at radius 2 is 1.95 bits per heavy atom. The number of Topliss-reactive ketones (excluding diaryl/α,β-unsaturated/α-hetero) is 1. The third kappa shape index (κ3) is 4.65. The molecular formula is C30H31N3O6. The van der Waals surface area contributed by atoms with Crippen LogP contribution in [0.1, 0.15) is 54.1 Å². The summed E-state index contributed by atoms with van der Waals surface area (Å²) in [6, 6.07) is 11.6. The molecule has 0 bridgehead atoms. The smallest absolute Gasteiger partial charge is 0.296 e. The number of aromatic nitrogens is 2. The minimum absolute atomic E-state index is 0.0410. The Morgan fingerprint density at radius 1 is 1.13 bits per heavy atom. The first-order chi connectivity index (χ1) is 18.8. The summed E-state index contributed by atoms with van der Waals surface area (Å²) in [5.41, 5.74) is 3.01. The summed E-state index contributed by atoms with van der Waals surface area (Å²) in [5, 5.41) is 11.6. The van der Waals surface area contributed by atoms with Crippen molar-refractivity contribution in [1.29, 1.82) is 0 Å². The van der Waals surface area contributed by atoms with E-state index >= 15 is 0 Å². The number of aliphatic hydroxyl groups is 1. The Labute approximate surface area is 226 Å². The summed E-state index contributed by atoms with van der Waals surface area (Å²) < 4.78 is 18.8. The second-order valence-electron chi connectivity index (χ2n) is 9.55. The number of imidazole rings is 1. The maximum Gasteiger partial charge on any atom is 0.296 e. The first-order valence-corrected chi connectivity index (χ1v) is 12.9. The third-order valence-corrected chi connectivity index (χ3v) is 7.01. The fraction of sp³-hybridized carbons (Fsp3) is 0.300. The molecule has 1 aromatic carbocycles. The van der Waals surface area contributed by atoms with E-state index in [0.717, 1.165) is 18.4 Å². The Bertz CT molecular complexity index is 1570. The number of hydrogen-bond donors (Lipinski definition) is 1. The number of ketones is 1. The zero-order chi connectivity index (χ0) is 27.7. The summed E-state index contributed by atoms with van der Waals surface area (Å²) in [4.78, 5) is 32.9. The molecular weight excluding hydrogens is 498 g/mol. The summed E-state index contributed by atoms with van der Waals surface area (Å²) in [5.74, 6) is -0.329. The third-order valence-electron chi connectivity index (χ3n) is 7.01. The molecule has 0 aliphatic carbocycles. The van der Waals surface area contributed by atoms with E-state index in [-0.39, 0.29) is 23.6 Å². The second-order valence-corrected chi connectivity index (χ2v) is 9.55. The molecule has 1 unspecified atom stereocenters. The number of methoxy groups -OCH3 is 1. The van der Waals surface area contributed by atoms with Gasteiger partial charge in [0, 0.05) is 6.20 Å². The maximum atomic E-state index is 13.5. The van der Waals surface area contributed by atoms with E-state index in [9.17, 15) is 14.7 Å². The lowest BCUT2D eigenvalue weighted by atomic mass is 9.96. The van der Waals surface area contributed by atoms with Gasteiger partial charge in [-0.2, -0.15) is 0 Å². The topological polar surface area (TPSA) is 107 Å². The number of benzene rings is 1. The number of pyridine rings is 1. The predicted octanol–water partition coefficient (Wildman–Crippen LogP) is 5.35. The normalized spacial score (nSPS) is 16.8. The van der Waals surface area contributed by atoms with Crippen LogP contribution in [0.4, 0.5) is 0 Å². The number of carbonyl (C=O) groups excluding carboxylic acids is 2. The number of unbranched alkanes of at least 4 members (excludes halogenated alkanes) is 1. The zero-order valence-electron chi connectivity index (χ0n) is 22.4. The van der Waals surface area contributed by atoms with Gasteiger partial charge in [0.1, 0.15) is 17.1 Å². The number of carbonyl (C=O) groups is 2. The number of aliphatic hydroxyl groups excluding tert-OH is 1. The van der Waals surface area contributed by atoms with Gasteiger partial charge in [0.2, 0.25) is 0 Å². The van der Waals surface area contributed by atoms with Gasteiger partial charge in [-0.1, -0.05) is 25.5 Å². The summed E-state index contributed by atoms with van der Waals surface area (Å²) in [7, 11) is 1.54. The van der Waals surface area contributed by atoms with E-state index in [2.05, 4.69) is 11.9 Å². The highest BCUT2D eigenvalue weighted by atomic mass is 16.5. The van der Waals surface area contributed by atoms with E-state index < -0.39 is 17.7 Å². The molecule has 1 saturated heterocycles. The SMILES string of the molecule is CCCCOc1ccc(C2/C(=C(\O)c3nc4c(C)cccn4c3C)C(=O)C(=O)N2Cc2ccco2)cc1OC. The van der Waals surface area contributed by atoms with Crippen molar-refractivity contribution in [2.75, 3.05) is 13.7 Å². The minimum Gasteiger partial charge on any atom is -0.505 e. The Kier molecular flexibility index (Phi) is 7.15. The number of amides is 1. The highest BCUT2D eigenvalue weighted by Crippen LogP contribution is 2.43. The molecule has 1 fully saturated rings. The van der Waals surface area contributed by atoms with Crippen LogP contribution < -0.4 is 9.47 Å². The number of nitrogens with zero attached hydrogens (tertiary/aromatic N) is 3. The molecule has 1 aliphatic heterocycles. The largest absolute Gasteiger partial charge is 0.505 e. The quantitative estimate of drug-likeness (QED) is 0.135. The van der Waals surface area contributed by atoms with Crippen LogP contribution in [0.3, 0.4) is 0 Å². The second kappa shape index (κ2) is 10.7. The minimum atomic E-state index is -0.904. The van der Waals surface area contributed by atoms with E-state index in [1.165, 1.54) is 18.3 Å². The van der Waals surface area contributed by atoms with E-state index in [4.69, 9.17) is 13.9 Å². The average molecular weight is 530 g/mol. The molecule has 3 aromatic heterocycles. The highest BCUT2D eigenvalue weighted by molar-refractivity contribution is 6.46. The van der Waals surface area contributed by atoms with E-state index in [1.807, 2.05) is 36.6 Å². The van der Waals surface area contributed by atoms with E-state index in [0.29, 0.717) is 40.8 Å². The Balaban J connectivity index is 1.66. The summed E-state index contributed by atoms with van der Waals surface area (Å²) >= 11 is 0. The van der Waals surface area contributed by atoms with Crippen LogP contribution in [-0.2, 0) is 16.1 Å². The molecule has 0 spiro atoms. The molecule has 1 N–H and O–H groups in total. The average Bonchev–Trinajstić information content (AvgIpc) is 3.64. The number of rotatable bonds is 9. The number of furan rings is 1. The Hall–Kier alpha value is -4.53. The van der Waals surface area contributed by atoms with Crippen LogP contribution >= 0.6 is 0 Å². The van der Waals surface area contributed by atoms with Gasteiger partial charge in [-0.15, -0.1) is 0 Å². The number of fused-ring (bicyclic) bond motifs is 1. The lowest BCUT2D eigenvalue weighted by Gasteiger charge is -2.25. The van der Waals surface area contributed by atoms with Crippen molar-refractivity contribution in [3.05, 3.63) is 88.8 Å². The maximum absolute atomic E-state index is 13.5. The molecule has 0 saturated carbocycles. The standard InChI is InChI=1S/C30H31N3O6/c1-5-6-14-39-22-12-11-20(16-23(22)37-4)26-24(28(35)30(36)33(26)17-21-10-8-15-38-21)27(34)25-19(3)32-13-7-9-18(2)29(32)31-25/h7-13,15-16,26,34H,5-6,14,17H2,1-4H3/b27-24+. The van der Waals surface area contributed by atoms with Crippen molar-refractivity contribution in [3.63, 3.8) is 0 Å². The molecule has 4 heterocycles. The fourth-order valence-electron chi connectivity index (χ4n) is 4.93. The van der Waals surface area contributed by atoms with Gasteiger partial charge in [-0.25, -0.2) is 4.98 Å². The van der Waals surface area contributed by atoms with Gasteiger partial charge >= 0.3 is 0 Å². The fourth-order valence-corrected chi connectivity index (χ4v) is 4.93. The molecule has 1 atom stereocenters. The van der Waals surface area contributed by atoms with Crippen molar-refractivity contribution in [1.82, 2.24) is 14.3 Å². The lowest BCUT2D eigenvalue weighted by Crippen LogP contribution is -2.29. The van der Waals surface area contributed by atoms with E-state index in [1.54, 1.807) is 30.3 Å². The predicted molar refractivity (Wildman–Crippen MR) is 145 cm³/mol. The molecule has 9 nitrogen and oxygen atoms in total. The molecule has 4 aromatic rings. The number of hydrogen-bond acceptors (Lipinski definition) is 7. The lowest BCUT2D eigenvalue weighted by molar-refractivity contribution is -0.140. The number of likely N-dealkylation sites (tertiary alicyclic amines) is 1. The monoisotopic (exact) mass is 529 g/mol. The van der Waals surface area contributed by atoms with Crippen LogP contribution in [-0.4, -0.2) is 44.8 Å². The van der Waals surface area contributed by atoms with Gasteiger partial charge in [-0.3, -0.25) is 9.59 Å². The summed E-state index contributed by atoms with van der Waals surface area (Å²) in [6.07, 6.45) is 5.24.